The first-order valence-corrected chi connectivity index (χ1v) is 8.05. The highest BCUT2D eigenvalue weighted by Crippen LogP contribution is 2.36. The van der Waals surface area contributed by atoms with E-state index in [-0.39, 0.29) is 11.4 Å². The van der Waals surface area contributed by atoms with Crippen molar-refractivity contribution >= 4 is 32.9 Å². The molecule has 132 valence electrons. The van der Waals surface area contributed by atoms with Crippen LogP contribution in [0.15, 0.2) is 72.8 Å². The van der Waals surface area contributed by atoms with Gasteiger partial charge in [0.1, 0.15) is 5.75 Å². The normalized spacial score (nSPS) is 10.8. The maximum absolute atomic E-state index is 11.3. The first-order valence-electron chi connectivity index (χ1n) is 8.05. The van der Waals surface area contributed by atoms with E-state index in [0.717, 1.165) is 27.6 Å². The van der Waals surface area contributed by atoms with Crippen molar-refractivity contribution in [2.45, 2.75) is 0 Å². The number of fused-ring (bicyclic) bond motifs is 3. The molecule has 7 heteroatoms. The molecule has 0 spiro atoms. The van der Waals surface area contributed by atoms with Gasteiger partial charge in [-0.2, -0.15) is 0 Å². The third-order valence-corrected chi connectivity index (χ3v) is 4.30. The van der Waals surface area contributed by atoms with Gasteiger partial charge < -0.3 is 4.74 Å². The lowest BCUT2D eigenvalue weighted by Crippen LogP contribution is -1.96. The SMILES string of the molecule is O=[N+]([O-])c1ccc(Oc2ccc3ccc4ccccc4c3c2)c([N+](=O)[O-])c1. The van der Waals surface area contributed by atoms with E-state index < -0.39 is 15.5 Å². The zero-order valence-corrected chi connectivity index (χ0v) is 13.9. The second kappa shape index (κ2) is 6.38. The minimum Gasteiger partial charge on any atom is -0.450 e. The predicted molar refractivity (Wildman–Crippen MR) is 101 cm³/mol. The summed E-state index contributed by atoms with van der Waals surface area (Å²) in [6.07, 6.45) is 0. The average Bonchev–Trinajstić information content (AvgIpc) is 2.67. The molecule has 0 saturated carbocycles. The highest BCUT2D eigenvalue weighted by molar-refractivity contribution is 6.07. The molecule has 0 amide bonds. The lowest BCUT2D eigenvalue weighted by molar-refractivity contribution is -0.394. The van der Waals surface area contributed by atoms with Gasteiger partial charge in [0.2, 0.25) is 5.75 Å². The molecule has 4 aromatic rings. The molecule has 0 unspecified atom stereocenters. The zero-order valence-electron chi connectivity index (χ0n) is 13.9. The van der Waals surface area contributed by atoms with Gasteiger partial charge in [0.25, 0.3) is 5.69 Å². The van der Waals surface area contributed by atoms with E-state index in [2.05, 4.69) is 0 Å². The summed E-state index contributed by atoms with van der Waals surface area (Å²) in [4.78, 5) is 20.8. The summed E-state index contributed by atoms with van der Waals surface area (Å²) in [6, 6.07) is 20.6. The van der Waals surface area contributed by atoms with Gasteiger partial charge in [-0.15, -0.1) is 0 Å². The monoisotopic (exact) mass is 360 g/mol. The van der Waals surface area contributed by atoms with Gasteiger partial charge in [0, 0.05) is 6.07 Å². The Hall–Kier alpha value is -4.00. The molecular weight excluding hydrogens is 348 g/mol. The number of non-ortho nitro benzene ring substituents is 1. The molecule has 0 saturated heterocycles. The molecular formula is C20H12N2O5. The van der Waals surface area contributed by atoms with Gasteiger partial charge in [-0.05, 0) is 39.7 Å². The first-order chi connectivity index (χ1) is 13.0. The van der Waals surface area contributed by atoms with E-state index in [1.54, 1.807) is 6.07 Å². The van der Waals surface area contributed by atoms with Crippen molar-refractivity contribution in [1.82, 2.24) is 0 Å². The van der Waals surface area contributed by atoms with Gasteiger partial charge in [-0.3, -0.25) is 20.2 Å². The third-order valence-electron chi connectivity index (χ3n) is 4.30. The van der Waals surface area contributed by atoms with E-state index in [9.17, 15) is 20.2 Å². The van der Waals surface area contributed by atoms with Crippen LogP contribution in [-0.2, 0) is 0 Å². The molecule has 0 aliphatic rings. The van der Waals surface area contributed by atoms with Crippen LogP contribution < -0.4 is 4.74 Å². The largest absolute Gasteiger partial charge is 0.450 e. The van der Waals surface area contributed by atoms with Crippen molar-refractivity contribution in [3.8, 4) is 11.5 Å². The van der Waals surface area contributed by atoms with Crippen LogP contribution in [0, 0.1) is 20.2 Å². The Morgan fingerprint density at radius 2 is 1.41 bits per heavy atom. The Bertz CT molecular complexity index is 1220. The number of ether oxygens (including phenoxy) is 1. The number of nitrogens with zero attached hydrogens (tertiary/aromatic N) is 2. The summed E-state index contributed by atoms with van der Waals surface area (Å²) in [5.41, 5.74) is -0.819. The lowest BCUT2D eigenvalue weighted by Gasteiger charge is -2.09. The predicted octanol–water partition coefficient (Wildman–Crippen LogP) is 5.60. The molecule has 0 radical (unpaired) electrons. The van der Waals surface area contributed by atoms with Crippen LogP contribution in [0.1, 0.15) is 0 Å². The summed E-state index contributed by atoms with van der Waals surface area (Å²) >= 11 is 0. The van der Waals surface area contributed by atoms with Crippen molar-refractivity contribution in [2.75, 3.05) is 0 Å². The Morgan fingerprint density at radius 3 is 2.15 bits per heavy atom. The van der Waals surface area contributed by atoms with Crippen LogP contribution in [0.2, 0.25) is 0 Å². The van der Waals surface area contributed by atoms with Crippen LogP contribution in [0.4, 0.5) is 11.4 Å². The number of nitro groups is 2. The van der Waals surface area contributed by atoms with Crippen LogP contribution in [-0.4, -0.2) is 9.85 Å². The average molecular weight is 360 g/mol. The van der Waals surface area contributed by atoms with Gasteiger partial charge in [0.05, 0.1) is 15.9 Å². The van der Waals surface area contributed by atoms with Crippen molar-refractivity contribution in [1.29, 1.82) is 0 Å². The summed E-state index contributed by atoms with van der Waals surface area (Å²) in [7, 11) is 0. The number of rotatable bonds is 4. The highest BCUT2D eigenvalue weighted by Gasteiger charge is 2.21. The third kappa shape index (κ3) is 3.02. The molecule has 7 nitrogen and oxygen atoms in total. The topological polar surface area (TPSA) is 95.5 Å². The zero-order chi connectivity index (χ0) is 19.0. The highest BCUT2D eigenvalue weighted by atomic mass is 16.6. The van der Waals surface area contributed by atoms with E-state index in [1.165, 1.54) is 12.1 Å². The molecule has 0 aromatic heterocycles. The summed E-state index contributed by atoms with van der Waals surface area (Å²) in [6.45, 7) is 0. The molecule has 4 rings (SSSR count). The smallest absolute Gasteiger partial charge is 0.318 e. The molecule has 0 N–H and O–H groups in total. The number of hydrogen-bond acceptors (Lipinski definition) is 5. The summed E-state index contributed by atoms with van der Waals surface area (Å²) < 4.78 is 5.70. The Morgan fingerprint density at radius 1 is 0.704 bits per heavy atom. The molecule has 0 fully saturated rings. The molecule has 4 aromatic carbocycles. The minimum absolute atomic E-state index is 0.0508. The second-order valence-corrected chi connectivity index (χ2v) is 5.94. The summed E-state index contributed by atoms with van der Waals surface area (Å²) in [5.74, 6) is 0.362. The van der Waals surface area contributed by atoms with Crippen molar-refractivity contribution in [2.24, 2.45) is 0 Å². The van der Waals surface area contributed by atoms with Crippen LogP contribution in [0.5, 0.6) is 11.5 Å². The minimum atomic E-state index is -0.696. The maximum atomic E-state index is 11.3. The van der Waals surface area contributed by atoms with Gasteiger partial charge in [0.15, 0.2) is 0 Å². The quantitative estimate of drug-likeness (QED) is 0.268. The Balaban J connectivity index is 1.81. The van der Waals surface area contributed by atoms with Crippen molar-refractivity contribution in [3.63, 3.8) is 0 Å². The lowest BCUT2D eigenvalue weighted by atomic mass is 10.0. The van der Waals surface area contributed by atoms with Gasteiger partial charge in [-0.25, -0.2) is 0 Å². The standard InChI is InChI=1S/C20H12N2O5/c23-21(24)15-8-10-20(19(11-15)22(25)26)27-16-9-7-14-6-5-13-3-1-2-4-17(13)18(14)12-16/h1-12H. The Kier molecular flexibility index (Phi) is 3.89. The fourth-order valence-electron chi connectivity index (χ4n) is 3.02. The van der Waals surface area contributed by atoms with E-state index in [4.69, 9.17) is 4.74 Å². The molecule has 0 bridgehead atoms. The van der Waals surface area contributed by atoms with Crippen molar-refractivity contribution < 1.29 is 14.6 Å². The van der Waals surface area contributed by atoms with Crippen LogP contribution in [0.3, 0.4) is 0 Å². The maximum Gasteiger partial charge on any atom is 0.318 e. The Labute approximate surface area is 152 Å². The molecule has 0 heterocycles. The van der Waals surface area contributed by atoms with Crippen molar-refractivity contribution in [3.05, 3.63) is 93.0 Å². The molecule has 0 aliphatic carbocycles. The van der Waals surface area contributed by atoms with E-state index in [0.29, 0.717) is 5.75 Å². The van der Waals surface area contributed by atoms with Gasteiger partial charge >= 0.3 is 5.69 Å². The van der Waals surface area contributed by atoms with Crippen LogP contribution >= 0.6 is 0 Å². The second-order valence-electron chi connectivity index (χ2n) is 5.94. The van der Waals surface area contributed by atoms with E-state index in [1.807, 2.05) is 48.5 Å². The molecule has 0 atom stereocenters. The first kappa shape index (κ1) is 16.5. The molecule has 0 aliphatic heterocycles. The number of nitro benzene ring substituents is 2. The van der Waals surface area contributed by atoms with E-state index >= 15 is 0 Å². The summed E-state index contributed by atoms with van der Waals surface area (Å²) in [5, 5.41) is 26.2. The van der Waals surface area contributed by atoms with Gasteiger partial charge in [-0.1, -0.05) is 42.5 Å². The number of benzene rings is 4. The molecule has 27 heavy (non-hydrogen) atoms. The fourth-order valence-corrected chi connectivity index (χ4v) is 3.02. The van der Waals surface area contributed by atoms with Crippen LogP contribution in [0.25, 0.3) is 21.5 Å². The number of hydrogen-bond donors (Lipinski definition) is 0. The fraction of sp³-hybridized carbons (Fsp3) is 0.